The van der Waals surface area contributed by atoms with Gasteiger partial charge in [0.1, 0.15) is 0 Å². The SMILES string of the molecule is Cc1ccc(S(=O)(=O)N2CCN(c3cccc(C(F)(F)F)c3)CC2)cc1C(=O)N1CCCC1. The maximum Gasteiger partial charge on any atom is 0.416 e. The molecule has 4 rings (SSSR count). The van der Waals surface area contributed by atoms with Crippen LogP contribution in [-0.2, 0) is 16.2 Å². The van der Waals surface area contributed by atoms with E-state index in [9.17, 15) is 26.4 Å². The van der Waals surface area contributed by atoms with Crippen molar-refractivity contribution in [1.82, 2.24) is 9.21 Å². The molecule has 2 aromatic carbocycles. The van der Waals surface area contributed by atoms with E-state index in [1.165, 1.54) is 22.5 Å². The fourth-order valence-corrected chi connectivity index (χ4v) is 5.75. The summed E-state index contributed by atoms with van der Waals surface area (Å²) in [4.78, 5) is 16.4. The minimum atomic E-state index is -4.43. The van der Waals surface area contributed by atoms with Crippen molar-refractivity contribution in [3.8, 4) is 0 Å². The van der Waals surface area contributed by atoms with Gasteiger partial charge in [-0.05, 0) is 55.7 Å². The van der Waals surface area contributed by atoms with E-state index in [-0.39, 0.29) is 37.0 Å². The van der Waals surface area contributed by atoms with Crippen LogP contribution in [0.15, 0.2) is 47.4 Å². The number of piperazine rings is 1. The van der Waals surface area contributed by atoms with E-state index < -0.39 is 21.8 Å². The molecule has 10 heteroatoms. The van der Waals surface area contributed by atoms with Gasteiger partial charge in [0, 0.05) is 50.5 Å². The molecule has 178 valence electrons. The van der Waals surface area contributed by atoms with Gasteiger partial charge in [0.2, 0.25) is 10.0 Å². The molecule has 0 saturated carbocycles. The van der Waals surface area contributed by atoms with E-state index in [0.717, 1.165) is 30.5 Å². The molecule has 1 amide bonds. The summed E-state index contributed by atoms with van der Waals surface area (Å²) in [6.07, 6.45) is -2.55. The molecule has 2 saturated heterocycles. The van der Waals surface area contributed by atoms with E-state index in [0.29, 0.717) is 24.3 Å². The number of benzene rings is 2. The Balaban J connectivity index is 1.49. The van der Waals surface area contributed by atoms with Crippen molar-refractivity contribution in [2.75, 3.05) is 44.2 Å². The molecule has 2 aliphatic rings. The Hall–Kier alpha value is -2.59. The van der Waals surface area contributed by atoms with Gasteiger partial charge in [-0.3, -0.25) is 4.79 Å². The van der Waals surface area contributed by atoms with Crippen LogP contribution in [0, 0.1) is 6.92 Å². The van der Waals surface area contributed by atoms with Crippen LogP contribution in [0.25, 0.3) is 0 Å². The summed E-state index contributed by atoms with van der Waals surface area (Å²) in [6, 6.07) is 9.65. The second kappa shape index (κ2) is 8.98. The molecule has 2 fully saturated rings. The van der Waals surface area contributed by atoms with Crippen LogP contribution in [0.3, 0.4) is 0 Å². The monoisotopic (exact) mass is 481 g/mol. The predicted octanol–water partition coefficient (Wildman–Crippen LogP) is 3.76. The fourth-order valence-electron chi connectivity index (χ4n) is 4.30. The number of nitrogens with zero attached hydrogens (tertiary/aromatic N) is 3. The summed E-state index contributed by atoms with van der Waals surface area (Å²) in [5.41, 5.74) is 0.793. The highest BCUT2D eigenvalue weighted by atomic mass is 32.2. The molecule has 0 unspecified atom stereocenters. The summed E-state index contributed by atoms with van der Waals surface area (Å²) in [6.45, 7) is 3.95. The summed E-state index contributed by atoms with van der Waals surface area (Å²) < 4.78 is 66.9. The van der Waals surface area contributed by atoms with Crippen molar-refractivity contribution in [3.05, 3.63) is 59.2 Å². The van der Waals surface area contributed by atoms with Crippen LogP contribution in [0.1, 0.15) is 34.3 Å². The van der Waals surface area contributed by atoms with Gasteiger partial charge in [0.25, 0.3) is 5.91 Å². The summed E-state index contributed by atoms with van der Waals surface area (Å²) in [7, 11) is -3.84. The molecule has 33 heavy (non-hydrogen) atoms. The molecule has 2 aromatic rings. The maximum absolute atomic E-state index is 13.3. The Labute approximate surface area is 191 Å². The van der Waals surface area contributed by atoms with Crippen LogP contribution in [-0.4, -0.2) is 62.8 Å². The van der Waals surface area contributed by atoms with Crippen molar-refractivity contribution < 1.29 is 26.4 Å². The van der Waals surface area contributed by atoms with Gasteiger partial charge in [0.05, 0.1) is 10.5 Å². The quantitative estimate of drug-likeness (QED) is 0.667. The van der Waals surface area contributed by atoms with Crippen molar-refractivity contribution in [1.29, 1.82) is 0 Å². The van der Waals surface area contributed by atoms with Crippen molar-refractivity contribution >= 4 is 21.6 Å². The van der Waals surface area contributed by atoms with Gasteiger partial charge in [-0.15, -0.1) is 0 Å². The van der Waals surface area contributed by atoms with Crippen molar-refractivity contribution in [2.45, 2.75) is 30.8 Å². The third-order valence-corrected chi connectivity index (χ3v) is 8.14. The molecule has 2 heterocycles. The fraction of sp³-hybridized carbons (Fsp3) is 0.435. The number of rotatable bonds is 4. The second-order valence-electron chi connectivity index (χ2n) is 8.42. The maximum atomic E-state index is 13.3. The van der Waals surface area contributed by atoms with E-state index in [2.05, 4.69) is 0 Å². The van der Waals surface area contributed by atoms with E-state index >= 15 is 0 Å². The molecule has 0 atom stereocenters. The summed E-state index contributed by atoms with van der Waals surface area (Å²) in [5.74, 6) is -0.156. The number of halogens is 3. The van der Waals surface area contributed by atoms with Crippen LogP contribution in [0.2, 0.25) is 0 Å². The lowest BCUT2D eigenvalue weighted by atomic mass is 10.1. The normalized spacial score (nSPS) is 18.1. The van der Waals surface area contributed by atoms with Crippen LogP contribution < -0.4 is 4.90 Å². The first-order valence-electron chi connectivity index (χ1n) is 10.9. The minimum absolute atomic E-state index is 0.0585. The van der Waals surface area contributed by atoms with Gasteiger partial charge in [0.15, 0.2) is 0 Å². The highest BCUT2D eigenvalue weighted by Crippen LogP contribution is 2.32. The largest absolute Gasteiger partial charge is 0.416 e. The lowest BCUT2D eigenvalue weighted by Gasteiger charge is -2.35. The number of carbonyl (C=O) groups excluding carboxylic acids is 1. The number of carbonyl (C=O) groups is 1. The molecule has 6 nitrogen and oxygen atoms in total. The molecule has 0 aliphatic carbocycles. The van der Waals surface area contributed by atoms with Crippen molar-refractivity contribution in [2.24, 2.45) is 0 Å². The van der Waals surface area contributed by atoms with Crippen LogP contribution in [0.5, 0.6) is 0 Å². The highest BCUT2D eigenvalue weighted by Gasteiger charge is 2.33. The number of hydrogen-bond acceptors (Lipinski definition) is 4. The third kappa shape index (κ3) is 4.86. The zero-order valence-electron chi connectivity index (χ0n) is 18.3. The molecule has 0 radical (unpaired) electrons. The Morgan fingerprint density at radius 3 is 2.21 bits per heavy atom. The predicted molar refractivity (Wildman–Crippen MR) is 119 cm³/mol. The van der Waals surface area contributed by atoms with Gasteiger partial charge >= 0.3 is 6.18 Å². The first-order valence-corrected chi connectivity index (χ1v) is 12.3. The molecule has 2 aliphatic heterocycles. The van der Waals surface area contributed by atoms with Crippen LogP contribution in [0.4, 0.5) is 18.9 Å². The Bertz CT molecular complexity index is 1140. The average molecular weight is 482 g/mol. The number of alkyl halides is 3. The molecule has 0 bridgehead atoms. The topological polar surface area (TPSA) is 60.9 Å². The number of amides is 1. The number of hydrogen-bond donors (Lipinski definition) is 0. The Kier molecular flexibility index (Phi) is 6.41. The molecular weight excluding hydrogens is 455 g/mol. The minimum Gasteiger partial charge on any atom is -0.369 e. The number of sulfonamides is 1. The Morgan fingerprint density at radius 1 is 0.909 bits per heavy atom. The van der Waals surface area contributed by atoms with Crippen LogP contribution >= 0.6 is 0 Å². The molecular formula is C23H26F3N3O3S. The van der Waals surface area contributed by atoms with Gasteiger partial charge in [-0.25, -0.2) is 8.42 Å². The summed E-state index contributed by atoms with van der Waals surface area (Å²) >= 11 is 0. The first-order chi connectivity index (χ1) is 15.6. The zero-order chi connectivity index (χ0) is 23.8. The molecule has 0 N–H and O–H groups in total. The van der Waals surface area contributed by atoms with E-state index in [1.54, 1.807) is 28.9 Å². The molecule has 0 spiro atoms. The smallest absolute Gasteiger partial charge is 0.369 e. The van der Waals surface area contributed by atoms with Gasteiger partial charge in [-0.1, -0.05) is 12.1 Å². The van der Waals surface area contributed by atoms with Gasteiger partial charge < -0.3 is 9.80 Å². The number of likely N-dealkylation sites (tertiary alicyclic amines) is 1. The number of aryl methyl sites for hydroxylation is 1. The average Bonchev–Trinajstić information content (AvgIpc) is 3.33. The standard InChI is InChI=1S/C23H26F3N3O3S/c1-17-7-8-20(16-21(17)22(30)28-9-2-3-10-28)33(31,32)29-13-11-27(12-14-29)19-6-4-5-18(15-19)23(24,25)26/h4-8,15-16H,2-3,9-14H2,1H3. The second-order valence-corrected chi connectivity index (χ2v) is 10.4. The van der Waals surface area contributed by atoms with E-state index in [4.69, 9.17) is 0 Å². The number of anilines is 1. The lowest BCUT2D eigenvalue weighted by Crippen LogP contribution is -2.48. The summed E-state index contributed by atoms with van der Waals surface area (Å²) in [5, 5.41) is 0. The third-order valence-electron chi connectivity index (χ3n) is 6.25. The zero-order valence-corrected chi connectivity index (χ0v) is 19.1. The van der Waals surface area contributed by atoms with Crippen molar-refractivity contribution in [3.63, 3.8) is 0 Å². The Morgan fingerprint density at radius 2 is 1.58 bits per heavy atom. The van der Waals surface area contributed by atoms with Gasteiger partial charge in [-0.2, -0.15) is 17.5 Å². The van der Waals surface area contributed by atoms with E-state index in [1.807, 2.05) is 0 Å². The lowest BCUT2D eigenvalue weighted by molar-refractivity contribution is -0.137. The first kappa shape index (κ1) is 23.6. The highest BCUT2D eigenvalue weighted by molar-refractivity contribution is 7.89. The molecule has 0 aromatic heterocycles.